The molecule has 0 aliphatic heterocycles. The number of imidazole rings is 1. The molecule has 0 fully saturated rings. The van der Waals surface area contributed by atoms with E-state index in [9.17, 15) is 9.59 Å². The largest absolute Gasteiger partial charge is 0.464 e. The lowest BCUT2D eigenvalue weighted by Gasteiger charge is -2.11. The van der Waals surface area contributed by atoms with Gasteiger partial charge in [-0.15, -0.1) is 0 Å². The molecule has 146 valence electrons. The number of nitrogens with one attached hydrogen (secondary N) is 1. The maximum absolute atomic E-state index is 11.8. The fraction of sp³-hybridized carbons (Fsp3) is 0.300. The number of hydrogen-bond donors (Lipinski definition) is 1. The number of aryl methyl sites for hydroxylation is 1. The Morgan fingerprint density at radius 2 is 2.00 bits per heavy atom. The van der Waals surface area contributed by atoms with Gasteiger partial charge in [-0.05, 0) is 43.2 Å². The minimum absolute atomic E-state index is 0.0395. The van der Waals surface area contributed by atoms with E-state index in [1.807, 2.05) is 30.5 Å². The van der Waals surface area contributed by atoms with Crippen LogP contribution in [0, 0.1) is 6.92 Å². The highest BCUT2D eigenvalue weighted by atomic mass is 35.5. The molecule has 1 amide bonds. The van der Waals surface area contributed by atoms with E-state index in [4.69, 9.17) is 16.3 Å². The normalized spacial score (nSPS) is 10.9. The average Bonchev–Trinajstić information content (AvgIpc) is 2.98. The first kappa shape index (κ1) is 19.8. The minimum Gasteiger partial charge on any atom is -0.464 e. The number of amides is 1. The predicted octanol–water partition coefficient (Wildman–Crippen LogP) is 3.97. The molecule has 3 rings (SSSR count). The molecule has 0 atom stereocenters. The van der Waals surface area contributed by atoms with Crippen LogP contribution in [0.4, 0.5) is 5.69 Å². The number of anilines is 1. The first-order valence-corrected chi connectivity index (χ1v) is 9.31. The number of nitrogens with zero attached hydrogens (tertiary/aromatic N) is 3. The van der Waals surface area contributed by atoms with E-state index in [1.54, 1.807) is 18.2 Å². The van der Waals surface area contributed by atoms with Gasteiger partial charge in [0.15, 0.2) is 11.3 Å². The number of hydrogen-bond acceptors (Lipinski definition) is 5. The minimum atomic E-state index is -0.502. The van der Waals surface area contributed by atoms with E-state index in [0.717, 1.165) is 17.8 Å². The number of rotatable bonds is 6. The summed E-state index contributed by atoms with van der Waals surface area (Å²) in [5.74, 6) is 0.209. The van der Waals surface area contributed by atoms with Crippen LogP contribution in [-0.4, -0.2) is 33.5 Å². The second-order valence-electron chi connectivity index (χ2n) is 6.38. The number of halogens is 1. The standard InChI is InChI=1S/C20H21ClN4O3/c1-4-5-18(26)23-14-7-6-13(15(21)10-14)11-25-12(2)22-16-8-9-17(20(27)28-3)24-19(16)25/h6-10H,4-5,11H2,1-3H3,(H,23,26). The van der Waals surface area contributed by atoms with Crippen molar-refractivity contribution in [1.82, 2.24) is 14.5 Å². The van der Waals surface area contributed by atoms with Gasteiger partial charge in [-0.25, -0.2) is 14.8 Å². The van der Waals surface area contributed by atoms with Crippen LogP contribution in [0.1, 0.15) is 41.6 Å². The second kappa shape index (κ2) is 8.39. The first-order valence-electron chi connectivity index (χ1n) is 8.93. The van der Waals surface area contributed by atoms with Crippen LogP contribution >= 0.6 is 11.6 Å². The zero-order valence-electron chi connectivity index (χ0n) is 16.0. The molecular formula is C20H21ClN4O3. The molecule has 7 nitrogen and oxygen atoms in total. The monoisotopic (exact) mass is 400 g/mol. The van der Waals surface area contributed by atoms with Crippen molar-refractivity contribution in [3.8, 4) is 0 Å². The molecule has 0 spiro atoms. The number of fused-ring (bicyclic) bond motifs is 1. The Labute approximate surface area is 167 Å². The van der Waals surface area contributed by atoms with Crippen molar-refractivity contribution in [2.75, 3.05) is 12.4 Å². The second-order valence-corrected chi connectivity index (χ2v) is 6.79. The van der Waals surface area contributed by atoms with Gasteiger partial charge in [0.1, 0.15) is 11.3 Å². The maximum atomic E-state index is 11.8. The number of pyridine rings is 1. The zero-order chi connectivity index (χ0) is 20.3. The third kappa shape index (κ3) is 4.14. The van der Waals surface area contributed by atoms with Crippen LogP contribution in [0.3, 0.4) is 0 Å². The molecule has 8 heteroatoms. The Kier molecular flexibility index (Phi) is 5.94. The van der Waals surface area contributed by atoms with Crippen molar-refractivity contribution in [1.29, 1.82) is 0 Å². The van der Waals surface area contributed by atoms with E-state index >= 15 is 0 Å². The number of methoxy groups -OCH3 is 1. The fourth-order valence-corrected chi connectivity index (χ4v) is 3.14. The van der Waals surface area contributed by atoms with Gasteiger partial charge >= 0.3 is 5.97 Å². The lowest BCUT2D eigenvalue weighted by molar-refractivity contribution is -0.116. The van der Waals surface area contributed by atoms with E-state index in [1.165, 1.54) is 7.11 Å². The highest BCUT2D eigenvalue weighted by Crippen LogP contribution is 2.24. The molecule has 0 aliphatic carbocycles. The number of ether oxygens (including phenoxy) is 1. The highest BCUT2D eigenvalue weighted by molar-refractivity contribution is 6.31. The summed E-state index contributed by atoms with van der Waals surface area (Å²) in [5, 5.41) is 3.36. The lowest BCUT2D eigenvalue weighted by atomic mass is 10.2. The summed E-state index contributed by atoms with van der Waals surface area (Å²) in [6.07, 6.45) is 1.25. The maximum Gasteiger partial charge on any atom is 0.356 e. The van der Waals surface area contributed by atoms with Crippen molar-refractivity contribution in [3.63, 3.8) is 0 Å². The molecular weight excluding hydrogens is 380 g/mol. The van der Waals surface area contributed by atoms with E-state index in [-0.39, 0.29) is 11.6 Å². The van der Waals surface area contributed by atoms with Crippen LogP contribution < -0.4 is 5.32 Å². The molecule has 0 radical (unpaired) electrons. The van der Waals surface area contributed by atoms with Gasteiger partial charge in [0, 0.05) is 17.1 Å². The molecule has 0 saturated heterocycles. The summed E-state index contributed by atoms with van der Waals surface area (Å²) in [6, 6.07) is 8.74. The zero-order valence-corrected chi connectivity index (χ0v) is 16.7. The summed E-state index contributed by atoms with van der Waals surface area (Å²) < 4.78 is 6.63. The van der Waals surface area contributed by atoms with Gasteiger partial charge in [0.2, 0.25) is 5.91 Å². The van der Waals surface area contributed by atoms with Gasteiger partial charge < -0.3 is 14.6 Å². The van der Waals surface area contributed by atoms with Crippen molar-refractivity contribution in [2.24, 2.45) is 0 Å². The fourth-order valence-electron chi connectivity index (χ4n) is 2.90. The van der Waals surface area contributed by atoms with Gasteiger partial charge in [-0.1, -0.05) is 24.6 Å². The van der Waals surface area contributed by atoms with Crippen molar-refractivity contribution < 1.29 is 14.3 Å². The van der Waals surface area contributed by atoms with Crippen LogP contribution in [0.5, 0.6) is 0 Å². The lowest BCUT2D eigenvalue weighted by Crippen LogP contribution is -2.11. The molecule has 1 aromatic carbocycles. The highest BCUT2D eigenvalue weighted by Gasteiger charge is 2.15. The quantitative estimate of drug-likeness (QED) is 0.633. The van der Waals surface area contributed by atoms with Crippen LogP contribution in [0.2, 0.25) is 5.02 Å². The molecule has 2 heterocycles. The van der Waals surface area contributed by atoms with E-state index < -0.39 is 5.97 Å². The average molecular weight is 401 g/mol. The third-order valence-electron chi connectivity index (χ3n) is 4.32. The van der Waals surface area contributed by atoms with Crippen LogP contribution in [0.25, 0.3) is 11.2 Å². The molecule has 3 aromatic rings. The Hall–Kier alpha value is -2.93. The molecule has 28 heavy (non-hydrogen) atoms. The van der Waals surface area contributed by atoms with Crippen LogP contribution in [0.15, 0.2) is 30.3 Å². The molecule has 0 bridgehead atoms. The first-order chi connectivity index (χ1) is 13.4. The topological polar surface area (TPSA) is 86.1 Å². The van der Waals surface area contributed by atoms with E-state index in [2.05, 4.69) is 15.3 Å². The van der Waals surface area contributed by atoms with Gasteiger partial charge in [0.25, 0.3) is 0 Å². The Morgan fingerprint density at radius 3 is 2.68 bits per heavy atom. The predicted molar refractivity (Wildman–Crippen MR) is 108 cm³/mol. The molecule has 1 N–H and O–H groups in total. The van der Waals surface area contributed by atoms with Gasteiger partial charge in [0.05, 0.1) is 13.7 Å². The number of carbonyl (C=O) groups is 2. The smallest absolute Gasteiger partial charge is 0.356 e. The summed E-state index contributed by atoms with van der Waals surface area (Å²) in [4.78, 5) is 32.4. The Morgan fingerprint density at radius 1 is 1.21 bits per heavy atom. The summed E-state index contributed by atoms with van der Waals surface area (Å²) in [7, 11) is 1.32. The number of carbonyl (C=O) groups excluding carboxylic acids is 2. The van der Waals surface area contributed by atoms with Crippen molar-refractivity contribution >= 4 is 40.3 Å². The number of esters is 1. The third-order valence-corrected chi connectivity index (χ3v) is 4.67. The van der Waals surface area contributed by atoms with Crippen molar-refractivity contribution in [2.45, 2.75) is 33.2 Å². The Bertz CT molecular complexity index is 1050. The Balaban J connectivity index is 1.90. The number of aromatic nitrogens is 3. The number of benzene rings is 1. The summed E-state index contributed by atoms with van der Waals surface area (Å²) >= 11 is 6.43. The van der Waals surface area contributed by atoms with Gasteiger partial charge in [-0.2, -0.15) is 0 Å². The SMILES string of the molecule is CCCC(=O)Nc1ccc(Cn2c(C)nc3ccc(C(=O)OC)nc32)c(Cl)c1. The molecule has 0 aliphatic rings. The van der Waals surface area contributed by atoms with Crippen LogP contribution in [-0.2, 0) is 16.1 Å². The van der Waals surface area contributed by atoms with Gasteiger partial charge in [-0.3, -0.25) is 4.79 Å². The summed E-state index contributed by atoms with van der Waals surface area (Å²) in [5.41, 5.74) is 2.99. The summed E-state index contributed by atoms with van der Waals surface area (Å²) in [6.45, 7) is 4.25. The molecule has 0 saturated carbocycles. The van der Waals surface area contributed by atoms with E-state index in [0.29, 0.717) is 34.8 Å². The molecule has 2 aromatic heterocycles. The molecule has 0 unspecified atom stereocenters. The van der Waals surface area contributed by atoms with Crippen molar-refractivity contribution in [3.05, 3.63) is 52.4 Å².